The molecule has 0 radical (unpaired) electrons. The number of benzene rings is 10. The van der Waals surface area contributed by atoms with Gasteiger partial charge in [0.25, 0.3) is 0 Å². The van der Waals surface area contributed by atoms with E-state index in [4.69, 9.17) is 4.42 Å². The molecule has 0 bridgehead atoms. The quantitative estimate of drug-likeness (QED) is 0.176. The summed E-state index contributed by atoms with van der Waals surface area (Å²) >= 11 is 0. The molecule has 10 aromatic carbocycles. The average Bonchev–Trinajstić information content (AvgIpc) is 3.95. The zero-order chi connectivity index (χ0) is 43.7. The molecule has 1 heterocycles. The summed E-state index contributed by atoms with van der Waals surface area (Å²) in [5, 5.41) is 2.29. The standard InChI is InChI=1S/C64H43NO/c1-63(2)54-24-12-8-21-48(54)49-34-32-44(39-59(49)63)65(42-30-28-41(29-31-42)40-16-4-3-5-17-40)43-33-36-57-53(38-43)46-19-7-6-18-45(46)47-20-9-13-25-55(47)64(57)56-26-14-10-23-52(56)61-58(64)37-35-51-50-22-11-15-27-60(50)66-62(51)61/h3-39H,1-2H3. The Labute approximate surface area is 384 Å². The number of furan rings is 1. The van der Waals surface area contributed by atoms with Gasteiger partial charge in [-0.05, 0) is 126 Å². The Kier molecular flexibility index (Phi) is 7.70. The smallest absolute Gasteiger partial charge is 0.143 e. The highest BCUT2D eigenvalue weighted by molar-refractivity contribution is 6.13. The van der Waals surface area contributed by atoms with Crippen molar-refractivity contribution in [2.24, 2.45) is 0 Å². The van der Waals surface area contributed by atoms with E-state index in [1.165, 1.54) is 89.0 Å². The van der Waals surface area contributed by atoms with Crippen LogP contribution in [0, 0.1) is 0 Å². The van der Waals surface area contributed by atoms with Crippen LogP contribution in [0.1, 0.15) is 47.2 Å². The van der Waals surface area contributed by atoms with Crippen LogP contribution in [0.15, 0.2) is 229 Å². The van der Waals surface area contributed by atoms with E-state index in [2.05, 4.69) is 243 Å². The summed E-state index contributed by atoms with van der Waals surface area (Å²) in [5.74, 6) is 0. The highest BCUT2D eigenvalue weighted by atomic mass is 16.3. The number of fused-ring (bicyclic) bond motifs is 19. The summed E-state index contributed by atoms with van der Waals surface area (Å²) in [4.78, 5) is 2.47. The molecule has 1 atom stereocenters. The maximum absolute atomic E-state index is 6.90. The Hall–Kier alpha value is -8.20. The number of para-hydroxylation sites is 1. The predicted molar refractivity (Wildman–Crippen MR) is 273 cm³/mol. The largest absolute Gasteiger partial charge is 0.455 e. The van der Waals surface area contributed by atoms with Gasteiger partial charge in [-0.25, -0.2) is 0 Å². The van der Waals surface area contributed by atoms with Gasteiger partial charge in [0, 0.05) is 38.8 Å². The number of nitrogens with zero attached hydrogens (tertiary/aromatic N) is 1. The summed E-state index contributed by atoms with van der Waals surface area (Å²) in [5.41, 5.74) is 24.5. The first-order valence-electron chi connectivity index (χ1n) is 23.1. The maximum atomic E-state index is 6.90. The first-order chi connectivity index (χ1) is 32.5. The average molecular weight is 842 g/mol. The van der Waals surface area contributed by atoms with Crippen LogP contribution in [0.2, 0.25) is 0 Å². The number of anilines is 3. The summed E-state index contributed by atoms with van der Waals surface area (Å²) in [6.07, 6.45) is 0. The Bertz CT molecular complexity index is 3800. The van der Waals surface area contributed by atoms with Crippen LogP contribution >= 0.6 is 0 Å². The van der Waals surface area contributed by atoms with Crippen molar-refractivity contribution in [3.8, 4) is 55.6 Å². The molecule has 0 fully saturated rings. The molecule has 1 unspecified atom stereocenters. The van der Waals surface area contributed by atoms with E-state index in [9.17, 15) is 0 Å². The Balaban J connectivity index is 1.05. The van der Waals surface area contributed by atoms with Gasteiger partial charge in [-0.15, -0.1) is 0 Å². The van der Waals surface area contributed by atoms with E-state index in [0.29, 0.717) is 0 Å². The summed E-state index contributed by atoms with van der Waals surface area (Å²) in [6, 6.07) is 83.4. The molecule has 2 heteroatoms. The van der Waals surface area contributed by atoms with Gasteiger partial charge < -0.3 is 9.32 Å². The third-order valence-corrected chi connectivity index (χ3v) is 15.1. The van der Waals surface area contributed by atoms with Crippen molar-refractivity contribution in [3.63, 3.8) is 0 Å². The topological polar surface area (TPSA) is 16.4 Å². The third kappa shape index (κ3) is 4.96. The fourth-order valence-electron chi connectivity index (χ4n) is 12.2. The molecule has 14 rings (SSSR count). The molecule has 2 nitrogen and oxygen atoms in total. The normalized spacial score (nSPS) is 15.6. The molecule has 0 N–H and O–H groups in total. The third-order valence-electron chi connectivity index (χ3n) is 15.1. The highest BCUT2D eigenvalue weighted by Gasteiger charge is 2.51. The number of hydrogen-bond acceptors (Lipinski definition) is 2. The fraction of sp³-hybridized carbons (Fsp3) is 0.0625. The molecule has 3 aliphatic carbocycles. The van der Waals surface area contributed by atoms with E-state index in [1.54, 1.807) is 0 Å². The number of rotatable bonds is 4. The fourth-order valence-corrected chi connectivity index (χ4v) is 12.2. The summed E-state index contributed by atoms with van der Waals surface area (Å²) in [7, 11) is 0. The lowest BCUT2D eigenvalue weighted by Crippen LogP contribution is -2.29. The lowest BCUT2D eigenvalue weighted by atomic mass is 9.66. The molecule has 11 aromatic rings. The molecule has 0 aliphatic heterocycles. The van der Waals surface area contributed by atoms with Crippen LogP contribution < -0.4 is 4.90 Å². The molecule has 0 amide bonds. The SMILES string of the molecule is CC1(C)c2ccccc2-c2ccc(N(c3ccc(-c4ccccc4)cc3)c3ccc4c(c3)-c3ccccc3-c3ccccc3C43c4ccccc4-c4c3ccc3c4oc4ccccc43)cc21. The summed E-state index contributed by atoms with van der Waals surface area (Å²) in [6.45, 7) is 4.74. The van der Waals surface area contributed by atoms with Gasteiger partial charge in [0.05, 0.1) is 5.41 Å². The zero-order valence-electron chi connectivity index (χ0n) is 36.7. The minimum atomic E-state index is -0.645. The minimum absolute atomic E-state index is 0.149. The van der Waals surface area contributed by atoms with Gasteiger partial charge in [0.1, 0.15) is 11.2 Å². The zero-order valence-corrected chi connectivity index (χ0v) is 36.7. The maximum Gasteiger partial charge on any atom is 0.143 e. The van der Waals surface area contributed by atoms with Crippen molar-refractivity contribution < 1.29 is 4.42 Å². The Morgan fingerprint density at radius 2 is 0.848 bits per heavy atom. The highest BCUT2D eigenvalue weighted by Crippen LogP contribution is 2.63. The van der Waals surface area contributed by atoms with E-state index >= 15 is 0 Å². The monoisotopic (exact) mass is 841 g/mol. The van der Waals surface area contributed by atoms with Crippen LogP contribution in [0.4, 0.5) is 17.1 Å². The van der Waals surface area contributed by atoms with E-state index in [1.807, 2.05) is 0 Å². The molecule has 1 spiro atoms. The van der Waals surface area contributed by atoms with Gasteiger partial charge in [-0.1, -0.05) is 196 Å². The van der Waals surface area contributed by atoms with Crippen molar-refractivity contribution in [2.45, 2.75) is 24.7 Å². The second-order valence-corrected chi connectivity index (χ2v) is 18.7. The van der Waals surface area contributed by atoms with Crippen LogP contribution in [-0.4, -0.2) is 0 Å². The van der Waals surface area contributed by atoms with Crippen molar-refractivity contribution in [1.29, 1.82) is 0 Å². The molecule has 0 saturated carbocycles. The molecule has 0 saturated heterocycles. The molecular weight excluding hydrogens is 799 g/mol. The van der Waals surface area contributed by atoms with Gasteiger partial charge in [0.2, 0.25) is 0 Å². The van der Waals surface area contributed by atoms with Crippen LogP contribution in [0.5, 0.6) is 0 Å². The molecule has 66 heavy (non-hydrogen) atoms. The minimum Gasteiger partial charge on any atom is -0.455 e. The van der Waals surface area contributed by atoms with Crippen LogP contribution in [-0.2, 0) is 10.8 Å². The second-order valence-electron chi connectivity index (χ2n) is 18.7. The second kappa shape index (κ2) is 13.7. The lowest BCUT2D eigenvalue weighted by molar-refractivity contribution is 0.660. The summed E-state index contributed by atoms with van der Waals surface area (Å²) < 4.78 is 6.90. The van der Waals surface area contributed by atoms with Gasteiger partial charge in [-0.2, -0.15) is 0 Å². The molecule has 1 aromatic heterocycles. The lowest BCUT2D eigenvalue weighted by Gasteiger charge is -2.36. The Morgan fingerprint density at radius 1 is 0.333 bits per heavy atom. The molecule has 310 valence electrons. The first-order valence-corrected chi connectivity index (χ1v) is 23.1. The van der Waals surface area contributed by atoms with Crippen molar-refractivity contribution in [3.05, 3.63) is 258 Å². The molecular formula is C64H43NO. The van der Waals surface area contributed by atoms with Crippen LogP contribution in [0.25, 0.3) is 77.6 Å². The van der Waals surface area contributed by atoms with E-state index < -0.39 is 5.41 Å². The van der Waals surface area contributed by atoms with E-state index in [-0.39, 0.29) is 5.41 Å². The van der Waals surface area contributed by atoms with Gasteiger partial charge in [0.15, 0.2) is 0 Å². The van der Waals surface area contributed by atoms with Gasteiger partial charge >= 0.3 is 0 Å². The van der Waals surface area contributed by atoms with E-state index in [0.717, 1.165) is 39.0 Å². The van der Waals surface area contributed by atoms with Gasteiger partial charge in [-0.3, -0.25) is 0 Å². The number of hydrogen-bond donors (Lipinski definition) is 0. The first kappa shape index (κ1) is 37.2. The predicted octanol–water partition coefficient (Wildman–Crippen LogP) is 17.0. The van der Waals surface area contributed by atoms with Crippen molar-refractivity contribution in [2.75, 3.05) is 4.90 Å². The molecule has 3 aliphatic rings. The van der Waals surface area contributed by atoms with Crippen molar-refractivity contribution >= 4 is 39.0 Å². The van der Waals surface area contributed by atoms with Crippen molar-refractivity contribution in [1.82, 2.24) is 0 Å². The Morgan fingerprint density at radius 3 is 1.62 bits per heavy atom. The van der Waals surface area contributed by atoms with Crippen LogP contribution in [0.3, 0.4) is 0 Å².